The fourth-order valence-corrected chi connectivity index (χ4v) is 3.48. The molecular formula is C20H23N3O6. The van der Waals surface area contributed by atoms with Crippen LogP contribution in [0.2, 0.25) is 0 Å². The number of nitrogens with one attached hydrogen (secondary N) is 1. The van der Waals surface area contributed by atoms with E-state index in [1.165, 1.54) is 12.1 Å². The first-order valence-electron chi connectivity index (χ1n) is 9.63. The number of ketones is 1. The average molecular weight is 401 g/mol. The van der Waals surface area contributed by atoms with Gasteiger partial charge in [0.05, 0.1) is 11.1 Å². The third-order valence-electron chi connectivity index (χ3n) is 4.98. The lowest BCUT2D eigenvalue weighted by atomic mass is 10.0. The van der Waals surface area contributed by atoms with Gasteiger partial charge in [0.2, 0.25) is 11.8 Å². The van der Waals surface area contributed by atoms with Crippen LogP contribution in [0.25, 0.3) is 0 Å². The van der Waals surface area contributed by atoms with Gasteiger partial charge in [-0.1, -0.05) is 12.5 Å². The Morgan fingerprint density at radius 2 is 1.93 bits per heavy atom. The van der Waals surface area contributed by atoms with Crippen LogP contribution < -0.4 is 15.8 Å². The number of imide groups is 2. The number of carbonyl (C=O) groups is 5. The predicted octanol–water partition coefficient (Wildman–Crippen LogP) is 0.555. The number of hydrogen-bond acceptors (Lipinski definition) is 7. The zero-order valence-electron chi connectivity index (χ0n) is 15.9. The lowest BCUT2D eigenvalue weighted by molar-refractivity contribution is -0.136. The van der Waals surface area contributed by atoms with E-state index in [1.54, 1.807) is 6.07 Å². The molecule has 1 fully saturated rings. The van der Waals surface area contributed by atoms with E-state index in [1.807, 2.05) is 0 Å². The molecule has 9 nitrogen and oxygen atoms in total. The van der Waals surface area contributed by atoms with Crippen molar-refractivity contribution in [3.05, 3.63) is 29.3 Å². The van der Waals surface area contributed by atoms with Crippen molar-refractivity contribution in [1.29, 1.82) is 0 Å². The molecule has 1 aromatic rings. The van der Waals surface area contributed by atoms with E-state index in [0.717, 1.165) is 17.7 Å². The van der Waals surface area contributed by atoms with Crippen molar-refractivity contribution >= 4 is 29.4 Å². The van der Waals surface area contributed by atoms with Crippen LogP contribution in [0.4, 0.5) is 0 Å². The topological polar surface area (TPSA) is 136 Å². The number of ether oxygens (including phenoxy) is 1. The quantitative estimate of drug-likeness (QED) is 0.456. The molecule has 2 aliphatic heterocycles. The number of nitrogens with two attached hydrogens (primary N) is 1. The summed E-state index contributed by atoms with van der Waals surface area (Å²) in [4.78, 5) is 62.0. The van der Waals surface area contributed by atoms with Gasteiger partial charge in [-0.2, -0.15) is 0 Å². The summed E-state index contributed by atoms with van der Waals surface area (Å²) in [6, 6.07) is 3.50. The van der Waals surface area contributed by atoms with Crippen LogP contribution in [-0.4, -0.2) is 53.5 Å². The zero-order valence-corrected chi connectivity index (χ0v) is 15.9. The molecule has 3 N–H and O–H groups in total. The normalized spacial score (nSPS) is 18.7. The summed E-state index contributed by atoms with van der Waals surface area (Å²) in [6.07, 6.45) is 2.90. The minimum Gasteiger partial charge on any atom is -0.485 e. The molecule has 2 heterocycles. The molecule has 4 amide bonds. The van der Waals surface area contributed by atoms with Crippen molar-refractivity contribution in [2.45, 2.75) is 44.6 Å². The second kappa shape index (κ2) is 8.95. The van der Waals surface area contributed by atoms with E-state index in [9.17, 15) is 24.0 Å². The van der Waals surface area contributed by atoms with Crippen LogP contribution in [-0.2, 0) is 14.4 Å². The molecule has 1 atom stereocenters. The third-order valence-corrected chi connectivity index (χ3v) is 4.98. The fraction of sp³-hybridized carbons (Fsp3) is 0.450. The number of piperidine rings is 1. The van der Waals surface area contributed by atoms with E-state index in [2.05, 4.69) is 5.32 Å². The Kier molecular flexibility index (Phi) is 6.38. The lowest BCUT2D eigenvalue weighted by Crippen LogP contribution is -2.54. The highest BCUT2D eigenvalue weighted by atomic mass is 16.5. The molecule has 1 aromatic carbocycles. The van der Waals surface area contributed by atoms with Gasteiger partial charge in [0, 0.05) is 12.8 Å². The van der Waals surface area contributed by atoms with Gasteiger partial charge in [-0.25, -0.2) is 0 Å². The number of benzene rings is 1. The van der Waals surface area contributed by atoms with Crippen molar-refractivity contribution in [3.63, 3.8) is 0 Å². The number of fused-ring (bicyclic) bond motifs is 1. The van der Waals surface area contributed by atoms with Crippen molar-refractivity contribution in [3.8, 4) is 5.75 Å². The van der Waals surface area contributed by atoms with Crippen LogP contribution in [0.5, 0.6) is 5.75 Å². The number of hydrogen-bond donors (Lipinski definition) is 2. The number of Topliss-reactive ketones (excluding diaryl/α,β-unsaturated/α-hetero) is 1. The van der Waals surface area contributed by atoms with Gasteiger partial charge in [0.15, 0.2) is 5.78 Å². The molecule has 0 radical (unpaired) electrons. The van der Waals surface area contributed by atoms with Gasteiger partial charge < -0.3 is 10.5 Å². The maximum Gasteiger partial charge on any atom is 0.266 e. The molecule has 0 saturated carbocycles. The lowest BCUT2D eigenvalue weighted by Gasteiger charge is -2.27. The van der Waals surface area contributed by atoms with E-state index < -0.39 is 29.7 Å². The number of rotatable bonds is 9. The number of carbonyl (C=O) groups excluding carboxylic acids is 5. The SMILES string of the molecule is NCCCCCC(=O)COc1cccc2c1C(=O)N(C1CCC(=O)NC1=O)C2=O. The summed E-state index contributed by atoms with van der Waals surface area (Å²) < 4.78 is 5.54. The minimum absolute atomic E-state index is 0.0399. The minimum atomic E-state index is -1.04. The zero-order chi connectivity index (χ0) is 21.0. The summed E-state index contributed by atoms with van der Waals surface area (Å²) in [5.41, 5.74) is 5.58. The molecule has 9 heteroatoms. The third kappa shape index (κ3) is 4.34. The number of amides is 4. The molecule has 0 aliphatic carbocycles. The highest BCUT2D eigenvalue weighted by Crippen LogP contribution is 2.33. The first kappa shape index (κ1) is 20.7. The Labute approximate surface area is 167 Å². The standard InChI is InChI=1S/C20H23N3O6/c21-10-3-1-2-5-12(24)11-29-15-7-4-6-13-17(15)20(28)23(19(13)27)14-8-9-16(25)22-18(14)26/h4,6-7,14H,1-3,5,8-11,21H2,(H,22,25,26). The fourth-order valence-electron chi connectivity index (χ4n) is 3.48. The first-order chi connectivity index (χ1) is 13.9. The Hall–Kier alpha value is -3.07. The van der Waals surface area contributed by atoms with Crippen molar-refractivity contribution in [2.75, 3.05) is 13.2 Å². The van der Waals surface area contributed by atoms with Crippen LogP contribution in [0.15, 0.2) is 18.2 Å². The van der Waals surface area contributed by atoms with Gasteiger partial charge in [-0.15, -0.1) is 0 Å². The van der Waals surface area contributed by atoms with E-state index >= 15 is 0 Å². The largest absolute Gasteiger partial charge is 0.485 e. The molecule has 0 bridgehead atoms. The highest BCUT2D eigenvalue weighted by molar-refractivity contribution is 6.24. The summed E-state index contributed by atoms with van der Waals surface area (Å²) in [5, 5.41) is 2.15. The maximum absolute atomic E-state index is 12.9. The van der Waals surface area contributed by atoms with Crippen molar-refractivity contribution < 1.29 is 28.7 Å². The van der Waals surface area contributed by atoms with Gasteiger partial charge in [-0.3, -0.25) is 34.2 Å². The van der Waals surface area contributed by atoms with E-state index in [0.29, 0.717) is 19.4 Å². The molecule has 154 valence electrons. The van der Waals surface area contributed by atoms with E-state index in [4.69, 9.17) is 10.5 Å². The van der Waals surface area contributed by atoms with Crippen molar-refractivity contribution in [2.24, 2.45) is 5.73 Å². The molecular weight excluding hydrogens is 378 g/mol. The van der Waals surface area contributed by atoms with Crippen molar-refractivity contribution in [1.82, 2.24) is 10.2 Å². The summed E-state index contributed by atoms with van der Waals surface area (Å²) >= 11 is 0. The Balaban J connectivity index is 1.71. The predicted molar refractivity (Wildman–Crippen MR) is 101 cm³/mol. The molecule has 1 saturated heterocycles. The molecule has 0 spiro atoms. The summed E-state index contributed by atoms with van der Waals surface area (Å²) in [7, 11) is 0. The second-order valence-corrected chi connectivity index (χ2v) is 7.05. The first-order valence-corrected chi connectivity index (χ1v) is 9.63. The molecule has 29 heavy (non-hydrogen) atoms. The van der Waals surface area contributed by atoms with Gasteiger partial charge in [0.1, 0.15) is 18.4 Å². The van der Waals surface area contributed by atoms with Crippen LogP contribution in [0, 0.1) is 0 Å². The smallest absolute Gasteiger partial charge is 0.266 e. The highest BCUT2D eigenvalue weighted by Gasteiger charge is 2.46. The second-order valence-electron chi connectivity index (χ2n) is 7.05. The number of nitrogens with zero attached hydrogens (tertiary/aromatic N) is 1. The monoisotopic (exact) mass is 401 g/mol. The Morgan fingerprint density at radius 1 is 1.14 bits per heavy atom. The van der Waals surface area contributed by atoms with Gasteiger partial charge in [-0.05, 0) is 37.9 Å². The van der Waals surface area contributed by atoms with Gasteiger partial charge >= 0.3 is 0 Å². The van der Waals surface area contributed by atoms with E-state index in [-0.39, 0.29) is 42.1 Å². The average Bonchev–Trinajstić information content (AvgIpc) is 2.95. The molecule has 1 unspecified atom stereocenters. The summed E-state index contributed by atoms with van der Waals surface area (Å²) in [6.45, 7) is 0.375. The number of unbranched alkanes of at least 4 members (excludes halogenated alkanes) is 2. The molecule has 2 aliphatic rings. The maximum atomic E-state index is 12.9. The van der Waals surface area contributed by atoms with Crippen LogP contribution in [0.1, 0.15) is 59.2 Å². The summed E-state index contributed by atoms with van der Waals surface area (Å²) in [5.74, 6) is -2.37. The van der Waals surface area contributed by atoms with Crippen LogP contribution in [0.3, 0.4) is 0 Å². The van der Waals surface area contributed by atoms with Crippen LogP contribution >= 0.6 is 0 Å². The molecule has 0 aromatic heterocycles. The Bertz CT molecular complexity index is 866. The molecule has 3 rings (SSSR count). The van der Waals surface area contributed by atoms with Gasteiger partial charge in [0.25, 0.3) is 11.8 Å². The Morgan fingerprint density at radius 3 is 2.66 bits per heavy atom.